The summed E-state index contributed by atoms with van der Waals surface area (Å²) in [7, 11) is -1.43. The van der Waals surface area contributed by atoms with Gasteiger partial charge in [-0.25, -0.2) is 0 Å². The SMILES string of the molecule is OB(O)[C@@H](Cl)CCCC1COCCO1. The molecule has 0 aromatic carbocycles. The average Bonchev–Trinajstić information content (AvgIpc) is 2.19. The summed E-state index contributed by atoms with van der Waals surface area (Å²) in [6, 6.07) is 0. The van der Waals surface area contributed by atoms with Crippen molar-refractivity contribution in [2.24, 2.45) is 0 Å². The molecule has 0 bridgehead atoms. The molecule has 1 aliphatic rings. The van der Waals surface area contributed by atoms with Gasteiger partial charge in [-0.05, 0) is 19.3 Å². The van der Waals surface area contributed by atoms with Crippen molar-refractivity contribution in [3.63, 3.8) is 0 Å². The Kier molecular flexibility index (Phi) is 5.81. The molecule has 1 fully saturated rings. The molecule has 0 aromatic rings. The Morgan fingerprint density at radius 3 is 2.79 bits per heavy atom. The topological polar surface area (TPSA) is 58.9 Å². The summed E-state index contributed by atoms with van der Waals surface area (Å²) in [5.74, 6) is 0. The predicted molar refractivity (Wildman–Crippen MR) is 54.2 cm³/mol. The summed E-state index contributed by atoms with van der Waals surface area (Å²) < 4.78 is 10.7. The second kappa shape index (κ2) is 6.64. The molecule has 2 N–H and O–H groups in total. The molecule has 1 aliphatic heterocycles. The first-order valence-corrected chi connectivity index (χ1v) is 5.33. The molecule has 1 heterocycles. The van der Waals surface area contributed by atoms with Crippen LogP contribution in [-0.4, -0.2) is 48.4 Å². The molecule has 4 nitrogen and oxygen atoms in total. The van der Waals surface area contributed by atoms with Gasteiger partial charge in [0.2, 0.25) is 0 Å². The first-order valence-electron chi connectivity index (χ1n) is 4.89. The highest BCUT2D eigenvalue weighted by molar-refractivity contribution is 6.57. The van der Waals surface area contributed by atoms with E-state index >= 15 is 0 Å². The Morgan fingerprint density at radius 2 is 2.21 bits per heavy atom. The standard InChI is InChI=1S/C8H16BClO4/c10-8(9(11)12)3-1-2-7-6-13-4-5-14-7/h7-8,11-12H,1-6H2/t7?,8-/m0/s1. The van der Waals surface area contributed by atoms with Crippen molar-refractivity contribution in [2.45, 2.75) is 30.6 Å². The van der Waals surface area contributed by atoms with Crippen LogP contribution in [0, 0.1) is 0 Å². The lowest BCUT2D eigenvalue weighted by Crippen LogP contribution is -2.29. The molecule has 1 rings (SSSR count). The fourth-order valence-electron chi connectivity index (χ4n) is 1.39. The third kappa shape index (κ3) is 4.62. The van der Waals surface area contributed by atoms with Gasteiger partial charge in [0.05, 0.1) is 31.2 Å². The number of hydrogen-bond donors (Lipinski definition) is 2. The van der Waals surface area contributed by atoms with Gasteiger partial charge < -0.3 is 19.5 Å². The average molecular weight is 222 g/mol. The summed E-state index contributed by atoms with van der Waals surface area (Å²) in [6.45, 7) is 1.95. The third-order valence-corrected chi connectivity index (χ3v) is 2.66. The number of rotatable bonds is 5. The van der Waals surface area contributed by atoms with Gasteiger partial charge in [0.25, 0.3) is 0 Å². The molecule has 2 atom stereocenters. The van der Waals surface area contributed by atoms with Crippen molar-refractivity contribution in [1.29, 1.82) is 0 Å². The highest BCUT2D eigenvalue weighted by Crippen LogP contribution is 2.13. The first kappa shape index (κ1) is 12.3. The van der Waals surface area contributed by atoms with E-state index in [9.17, 15) is 0 Å². The first-order chi connectivity index (χ1) is 6.70. The molecule has 0 aliphatic carbocycles. The lowest BCUT2D eigenvalue weighted by Gasteiger charge is -2.23. The number of ether oxygens (including phenoxy) is 2. The van der Waals surface area contributed by atoms with E-state index in [0.717, 1.165) is 12.8 Å². The van der Waals surface area contributed by atoms with Crippen molar-refractivity contribution in [3.8, 4) is 0 Å². The van der Waals surface area contributed by atoms with Gasteiger partial charge in [0.15, 0.2) is 0 Å². The van der Waals surface area contributed by atoms with E-state index in [1.165, 1.54) is 0 Å². The molecule has 6 heteroatoms. The van der Waals surface area contributed by atoms with Crippen LogP contribution in [-0.2, 0) is 9.47 Å². The molecule has 14 heavy (non-hydrogen) atoms. The van der Waals surface area contributed by atoms with Crippen molar-refractivity contribution in [3.05, 3.63) is 0 Å². The zero-order chi connectivity index (χ0) is 10.4. The molecular formula is C8H16BClO4. The lowest BCUT2D eigenvalue weighted by atomic mass is 9.82. The van der Waals surface area contributed by atoms with Gasteiger partial charge in [-0.3, -0.25) is 0 Å². The van der Waals surface area contributed by atoms with Crippen LogP contribution < -0.4 is 0 Å². The Balaban J connectivity index is 2.02. The minimum Gasteiger partial charge on any atom is -0.426 e. The zero-order valence-corrected chi connectivity index (χ0v) is 8.82. The Hall–Kier alpha value is 0.195. The van der Waals surface area contributed by atoms with E-state index in [0.29, 0.717) is 26.2 Å². The quantitative estimate of drug-likeness (QED) is 0.515. The van der Waals surface area contributed by atoms with E-state index in [4.69, 9.17) is 31.1 Å². The van der Waals surface area contributed by atoms with Crippen LogP contribution in [0.5, 0.6) is 0 Å². The van der Waals surface area contributed by atoms with Crippen LogP contribution in [0.4, 0.5) is 0 Å². The number of alkyl halides is 1. The summed E-state index contributed by atoms with van der Waals surface area (Å²) in [5.41, 5.74) is 0. The van der Waals surface area contributed by atoms with E-state index in [-0.39, 0.29) is 6.10 Å². The minimum atomic E-state index is -1.43. The fraction of sp³-hybridized carbons (Fsp3) is 1.00. The second-order valence-corrected chi connectivity index (χ2v) is 3.99. The maximum absolute atomic E-state index is 8.73. The molecule has 0 amide bonds. The van der Waals surface area contributed by atoms with Crippen LogP contribution in [0.25, 0.3) is 0 Å². The smallest absolute Gasteiger partial charge is 0.426 e. The summed E-state index contributed by atoms with van der Waals surface area (Å²) in [4.78, 5) is 0. The molecule has 0 saturated carbocycles. The Labute approximate surface area is 89.3 Å². The molecule has 0 aromatic heterocycles. The summed E-state index contributed by atoms with van der Waals surface area (Å²) >= 11 is 5.66. The van der Waals surface area contributed by atoms with Gasteiger partial charge >= 0.3 is 7.12 Å². The molecule has 0 spiro atoms. The molecule has 82 valence electrons. The Bertz CT molecular complexity index is 152. The van der Waals surface area contributed by atoms with Crippen molar-refractivity contribution in [1.82, 2.24) is 0 Å². The van der Waals surface area contributed by atoms with Crippen LogP contribution in [0.1, 0.15) is 19.3 Å². The second-order valence-electron chi connectivity index (χ2n) is 3.43. The van der Waals surface area contributed by atoms with Gasteiger partial charge in [-0.1, -0.05) is 0 Å². The van der Waals surface area contributed by atoms with Crippen molar-refractivity contribution < 1.29 is 19.5 Å². The maximum atomic E-state index is 8.73. The van der Waals surface area contributed by atoms with E-state index in [2.05, 4.69) is 0 Å². The summed E-state index contributed by atoms with van der Waals surface area (Å²) in [5, 5.41) is 16.9. The third-order valence-electron chi connectivity index (χ3n) is 2.21. The Morgan fingerprint density at radius 1 is 1.43 bits per heavy atom. The number of halogens is 1. The zero-order valence-electron chi connectivity index (χ0n) is 8.06. The van der Waals surface area contributed by atoms with Crippen LogP contribution in [0.15, 0.2) is 0 Å². The van der Waals surface area contributed by atoms with Crippen LogP contribution in [0.2, 0.25) is 0 Å². The van der Waals surface area contributed by atoms with Gasteiger partial charge in [0.1, 0.15) is 0 Å². The molecular weight excluding hydrogens is 206 g/mol. The van der Waals surface area contributed by atoms with E-state index in [1.807, 2.05) is 0 Å². The monoisotopic (exact) mass is 222 g/mol. The highest BCUT2D eigenvalue weighted by Gasteiger charge is 2.21. The van der Waals surface area contributed by atoms with Crippen molar-refractivity contribution >= 4 is 18.7 Å². The van der Waals surface area contributed by atoms with E-state index in [1.54, 1.807) is 0 Å². The molecule has 1 unspecified atom stereocenters. The van der Waals surface area contributed by atoms with Crippen LogP contribution >= 0.6 is 11.6 Å². The van der Waals surface area contributed by atoms with Gasteiger partial charge in [0, 0.05) is 0 Å². The van der Waals surface area contributed by atoms with E-state index < -0.39 is 12.4 Å². The maximum Gasteiger partial charge on any atom is 0.470 e. The number of hydrogen-bond acceptors (Lipinski definition) is 4. The normalized spacial score (nSPS) is 24.6. The lowest BCUT2D eigenvalue weighted by molar-refractivity contribution is -0.0911. The van der Waals surface area contributed by atoms with Gasteiger partial charge in [-0.2, -0.15) is 0 Å². The van der Waals surface area contributed by atoms with Gasteiger partial charge in [-0.15, -0.1) is 11.6 Å². The predicted octanol–water partition coefficient (Wildman–Crippen LogP) is 0.191. The van der Waals surface area contributed by atoms with Crippen molar-refractivity contribution in [2.75, 3.05) is 19.8 Å². The minimum absolute atomic E-state index is 0.142. The summed E-state index contributed by atoms with van der Waals surface area (Å²) in [6.07, 6.45) is 2.40. The van der Waals surface area contributed by atoms with Crippen LogP contribution in [0.3, 0.4) is 0 Å². The fourth-order valence-corrected chi connectivity index (χ4v) is 1.55. The largest absolute Gasteiger partial charge is 0.470 e. The highest BCUT2D eigenvalue weighted by atomic mass is 35.5. The molecule has 1 saturated heterocycles. The molecule has 0 radical (unpaired) electrons.